The quantitative estimate of drug-likeness (QED) is 0.853. The largest absolute Gasteiger partial charge is 0.488 e. The third kappa shape index (κ3) is 4.17. The van der Waals surface area contributed by atoms with E-state index in [-0.39, 0.29) is 0 Å². The normalized spacial score (nSPS) is 10.8. The van der Waals surface area contributed by atoms with Crippen molar-refractivity contribution < 1.29 is 4.74 Å². The van der Waals surface area contributed by atoms with Crippen LogP contribution in [0.4, 0.5) is 0 Å². The van der Waals surface area contributed by atoms with E-state index < -0.39 is 0 Å². The van der Waals surface area contributed by atoms with Gasteiger partial charge in [0.15, 0.2) is 0 Å². The molecule has 18 heavy (non-hydrogen) atoms. The zero-order valence-corrected chi connectivity index (χ0v) is 11.7. The molecule has 1 aromatic heterocycles. The lowest BCUT2D eigenvalue weighted by molar-refractivity contribution is 0.310. The summed E-state index contributed by atoms with van der Waals surface area (Å²) in [5, 5.41) is 3.42. The predicted octanol–water partition coefficient (Wildman–Crippen LogP) is 3.83. The van der Waals surface area contributed by atoms with Gasteiger partial charge in [0.05, 0.1) is 0 Å². The molecule has 0 saturated heterocycles. The number of para-hydroxylation sites is 1. The Labute approximate surface area is 113 Å². The van der Waals surface area contributed by atoms with Crippen molar-refractivity contribution in [2.45, 2.75) is 33.0 Å². The first-order valence-corrected chi connectivity index (χ1v) is 7.04. The number of rotatable bonds is 6. The van der Waals surface area contributed by atoms with Crippen molar-refractivity contribution in [2.24, 2.45) is 0 Å². The van der Waals surface area contributed by atoms with Crippen molar-refractivity contribution in [3.8, 4) is 5.75 Å². The fourth-order valence-electron chi connectivity index (χ4n) is 1.57. The zero-order chi connectivity index (χ0) is 12.8. The van der Waals surface area contributed by atoms with E-state index in [1.807, 2.05) is 30.3 Å². The lowest BCUT2D eigenvalue weighted by atomic mass is 10.3. The van der Waals surface area contributed by atoms with Crippen LogP contribution in [0.1, 0.15) is 23.6 Å². The number of benzene rings is 1. The second-order valence-electron chi connectivity index (χ2n) is 4.51. The maximum atomic E-state index is 5.72. The summed E-state index contributed by atoms with van der Waals surface area (Å²) in [5.74, 6) is 0.924. The molecule has 3 heteroatoms. The number of hydrogen-bond donors (Lipinski definition) is 1. The fraction of sp³-hybridized carbons (Fsp3) is 0.333. The van der Waals surface area contributed by atoms with Gasteiger partial charge >= 0.3 is 0 Å². The average Bonchev–Trinajstić information content (AvgIpc) is 2.83. The molecule has 96 valence electrons. The molecular formula is C15H19NOS. The number of hydrogen-bond acceptors (Lipinski definition) is 3. The van der Waals surface area contributed by atoms with E-state index in [9.17, 15) is 0 Å². The first-order chi connectivity index (χ1) is 8.74. The molecule has 0 amide bonds. The maximum Gasteiger partial charge on any atom is 0.122 e. The van der Waals surface area contributed by atoms with Gasteiger partial charge in [-0.15, -0.1) is 11.3 Å². The predicted molar refractivity (Wildman–Crippen MR) is 77.1 cm³/mol. The van der Waals surface area contributed by atoms with Crippen LogP contribution in [-0.4, -0.2) is 6.04 Å². The highest BCUT2D eigenvalue weighted by molar-refractivity contribution is 7.11. The molecule has 0 radical (unpaired) electrons. The summed E-state index contributed by atoms with van der Waals surface area (Å²) < 4.78 is 5.72. The molecule has 2 nitrogen and oxygen atoms in total. The second kappa shape index (κ2) is 6.57. The molecule has 0 unspecified atom stereocenters. The van der Waals surface area contributed by atoms with Crippen LogP contribution in [0.2, 0.25) is 0 Å². The molecule has 0 atom stereocenters. The molecule has 1 N–H and O–H groups in total. The summed E-state index contributed by atoms with van der Waals surface area (Å²) in [4.78, 5) is 2.62. The van der Waals surface area contributed by atoms with Gasteiger partial charge in [-0.05, 0) is 24.3 Å². The highest BCUT2D eigenvalue weighted by atomic mass is 32.1. The van der Waals surface area contributed by atoms with Crippen LogP contribution >= 0.6 is 11.3 Å². The van der Waals surface area contributed by atoms with E-state index in [0.717, 1.165) is 12.3 Å². The Kier molecular flexibility index (Phi) is 4.79. The van der Waals surface area contributed by atoms with Crippen LogP contribution in [0.25, 0.3) is 0 Å². The highest BCUT2D eigenvalue weighted by Gasteiger charge is 2.02. The van der Waals surface area contributed by atoms with Gasteiger partial charge in [-0.1, -0.05) is 32.0 Å². The summed E-state index contributed by atoms with van der Waals surface area (Å²) in [6.07, 6.45) is 0. The minimum atomic E-state index is 0.524. The Morgan fingerprint density at radius 1 is 1.06 bits per heavy atom. The summed E-state index contributed by atoms with van der Waals surface area (Å²) in [6, 6.07) is 14.8. The van der Waals surface area contributed by atoms with Gasteiger partial charge in [0.25, 0.3) is 0 Å². The molecule has 0 aliphatic heterocycles. The van der Waals surface area contributed by atoms with E-state index in [0.29, 0.717) is 12.6 Å². The number of ether oxygens (including phenoxy) is 1. The zero-order valence-electron chi connectivity index (χ0n) is 10.8. The highest BCUT2D eigenvalue weighted by Crippen LogP contribution is 2.19. The third-order valence-corrected chi connectivity index (χ3v) is 3.58. The second-order valence-corrected chi connectivity index (χ2v) is 5.76. The van der Waals surface area contributed by atoms with Crippen molar-refractivity contribution in [3.63, 3.8) is 0 Å². The Morgan fingerprint density at radius 2 is 1.78 bits per heavy atom. The average molecular weight is 261 g/mol. The van der Waals surface area contributed by atoms with Crippen LogP contribution in [-0.2, 0) is 13.2 Å². The van der Waals surface area contributed by atoms with E-state index in [4.69, 9.17) is 4.74 Å². The Hall–Kier alpha value is -1.32. The molecule has 2 aromatic rings. The van der Waals surface area contributed by atoms with E-state index in [2.05, 4.69) is 31.3 Å². The Bertz CT molecular complexity index is 464. The van der Waals surface area contributed by atoms with Gasteiger partial charge < -0.3 is 10.1 Å². The molecule has 0 aliphatic rings. The van der Waals surface area contributed by atoms with E-state index in [1.54, 1.807) is 11.3 Å². The Morgan fingerprint density at radius 3 is 2.50 bits per heavy atom. The van der Waals surface area contributed by atoms with Crippen LogP contribution in [0.15, 0.2) is 42.5 Å². The molecular weight excluding hydrogens is 242 g/mol. The lowest BCUT2D eigenvalue weighted by Crippen LogP contribution is -2.21. The smallest absolute Gasteiger partial charge is 0.122 e. The van der Waals surface area contributed by atoms with Gasteiger partial charge in [-0.3, -0.25) is 0 Å². The van der Waals surface area contributed by atoms with E-state index >= 15 is 0 Å². The standard InChI is InChI=1S/C15H19NOS/c1-12(2)16-10-14-8-9-15(18-14)11-17-13-6-4-3-5-7-13/h3-9,12,16H,10-11H2,1-2H3. The van der Waals surface area contributed by atoms with Crippen molar-refractivity contribution >= 4 is 11.3 Å². The fourth-order valence-corrected chi connectivity index (χ4v) is 2.45. The first-order valence-electron chi connectivity index (χ1n) is 6.23. The molecule has 1 aromatic carbocycles. The SMILES string of the molecule is CC(C)NCc1ccc(COc2ccccc2)s1. The monoisotopic (exact) mass is 261 g/mol. The molecule has 0 bridgehead atoms. The lowest BCUT2D eigenvalue weighted by Gasteiger charge is -2.05. The van der Waals surface area contributed by atoms with E-state index in [1.165, 1.54) is 9.75 Å². The topological polar surface area (TPSA) is 21.3 Å². The van der Waals surface area contributed by atoms with Crippen molar-refractivity contribution in [2.75, 3.05) is 0 Å². The molecule has 0 spiro atoms. The van der Waals surface area contributed by atoms with Crippen molar-refractivity contribution in [1.29, 1.82) is 0 Å². The first kappa shape index (κ1) is 13.1. The van der Waals surface area contributed by atoms with Gasteiger partial charge in [-0.2, -0.15) is 0 Å². The summed E-state index contributed by atoms with van der Waals surface area (Å²) in [6.45, 7) is 5.91. The van der Waals surface area contributed by atoms with Gasteiger partial charge in [-0.25, -0.2) is 0 Å². The molecule has 0 saturated carbocycles. The minimum Gasteiger partial charge on any atom is -0.488 e. The molecule has 0 aliphatic carbocycles. The van der Waals surface area contributed by atoms with Crippen LogP contribution in [0.3, 0.4) is 0 Å². The summed E-state index contributed by atoms with van der Waals surface area (Å²) >= 11 is 1.81. The molecule has 1 heterocycles. The molecule has 0 fully saturated rings. The Balaban J connectivity index is 1.83. The van der Waals surface area contributed by atoms with Gasteiger partial charge in [0, 0.05) is 22.3 Å². The van der Waals surface area contributed by atoms with Gasteiger partial charge in [0.1, 0.15) is 12.4 Å². The number of thiophene rings is 1. The van der Waals surface area contributed by atoms with Crippen molar-refractivity contribution in [1.82, 2.24) is 5.32 Å². The van der Waals surface area contributed by atoms with Crippen LogP contribution < -0.4 is 10.1 Å². The molecule has 2 rings (SSSR count). The van der Waals surface area contributed by atoms with Crippen LogP contribution in [0, 0.1) is 0 Å². The van der Waals surface area contributed by atoms with Gasteiger partial charge in [0.2, 0.25) is 0 Å². The minimum absolute atomic E-state index is 0.524. The van der Waals surface area contributed by atoms with Crippen LogP contribution in [0.5, 0.6) is 5.75 Å². The summed E-state index contributed by atoms with van der Waals surface area (Å²) in [5.41, 5.74) is 0. The number of nitrogens with one attached hydrogen (secondary N) is 1. The maximum absolute atomic E-state index is 5.72. The van der Waals surface area contributed by atoms with Crippen molar-refractivity contribution in [3.05, 3.63) is 52.2 Å². The third-order valence-electron chi connectivity index (χ3n) is 2.53. The summed E-state index contributed by atoms with van der Waals surface area (Å²) in [7, 11) is 0.